The average molecular weight is 523 g/mol. The standard InChI is InChI=1S/C25H35ClN4O4S/c1-25(2,3)34-24(33)29(4)12-10-28-17-8-6-11-30(15-17)22-16(7-5-9-18(22)26)13-20-23(32)19(27)14-21(31)35-20/h5,7,9,13,17,19,28H,6,8,10-12,14-15,27H2,1-4H3/b20-13-. The number of hydrogen-bond acceptors (Lipinski definition) is 8. The number of thioether (sulfide) groups is 1. The van der Waals surface area contributed by atoms with Crippen LogP contribution in [0.2, 0.25) is 5.02 Å². The monoisotopic (exact) mass is 522 g/mol. The topological polar surface area (TPSA) is 105 Å². The Kier molecular flexibility index (Phi) is 9.26. The van der Waals surface area contributed by atoms with Crippen molar-refractivity contribution >= 4 is 52.1 Å². The van der Waals surface area contributed by atoms with Gasteiger partial charge in [-0.25, -0.2) is 4.79 Å². The fraction of sp³-hybridized carbons (Fsp3) is 0.560. The molecule has 3 N–H and O–H groups in total. The second kappa shape index (κ2) is 11.8. The van der Waals surface area contributed by atoms with Crippen LogP contribution in [0.25, 0.3) is 6.08 Å². The molecule has 0 aromatic heterocycles. The van der Waals surface area contributed by atoms with Crippen LogP contribution in [0.4, 0.5) is 10.5 Å². The largest absolute Gasteiger partial charge is 0.444 e. The number of halogens is 1. The lowest BCUT2D eigenvalue weighted by Crippen LogP contribution is -2.48. The molecule has 35 heavy (non-hydrogen) atoms. The van der Waals surface area contributed by atoms with Crippen LogP contribution in [-0.2, 0) is 14.3 Å². The van der Waals surface area contributed by atoms with Crippen molar-refractivity contribution in [2.75, 3.05) is 38.1 Å². The van der Waals surface area contributed by atoms with Gasteiger partial charge < -0.3 is 25.6 Å². The molecule has 2 fully saturated rings. The normalized spacial score (nSPS) is 22.5. The summed E-state index contributed by atoms with van der Waals surface area (Å²) in [6, 6.07) is 5.00. The Bertz CT molecular complexity index is 994. The summed E-state index contributed by atoms with van der Waals surface area (Å²) in [5.41, 5.74) is 6.97. The summed E-state index contributed by atoms with van der Waals surface area (Å²) in [5, 5.41) is 4.03. The summed E-state index contributed by atoms with van der Waals surface area (Å²) in [6.07, 6.45) is 3.43. The number of ketones is 1. The van der Waals surface area contributed by atoms with E-state index in [9.17, 15) is 14.4 Å². The lowest BCUT2D eigenvalue weighted by Gasteiger charge is -2.36. The van der Waals surface area contributed by atoms with E-state index >= 15 is 0 Å². The third-order valence-corrected chi connectivity index (χ3v) is 7.06. The van der Waals surface area contributed by atoms with Crippen molar-refractivity contribution in [2.45, 2.75) is 57.7 Å². The molecule has 192 valence electrons. The summed E-state index contributed by atoms with van der Waals surface area (Å²) >= 11 is 7.57. The molecular formula is C25H35ClN4O4S. The van der Waals surface area contributed by atoms with Crippen molar-refractivity contribution in [3.63, 3.8) is 0 Å². The molecule has 0 saturated carbocycles. The molecule has 2 unspecified atom stereocenters. The highest BCUT2D eigenvalue weighted by Gasteiger charge is 2.30. The highest BCUT2D eigenvalue weighted by Crippen LogP contribution is 2.36. The van der Waals surface area contributed by atoms with Gasteiger partial charge in [-0.3, -0.25) is 9.59 Å². The Labute approximate surface area is 216 Å². The zero-order valence-electron chi connectivity index (χ0n) is 20.8. The van der Waals surface area contributed by atoms with Crippen molar-refractivity contribution in [2.24, 2.45) is 5.73 Å². The number of Topliss-reactive ketones (excluding diaryl/α,β-unsaturated/α-hetero) is 1. The van der Waals surface area contributed by atoms with Gasteiger partial charge in [0, 0.05) is 51.3 Å². The first-order chi connectivity index (χ1) is 16.4. The maximum Gasteiger partial charge on any atom is 0.410 e. The van der Waals surface area contributed by atoms with Crippen LogP contribution in [0.1, 0.15) is 45.6 Å². The Hall–Kier alpha value is -2.07. The quantitative estimate of drug-likeness (QED) is 0.545. The number of nitrogens with one attached hydrogen (secondary N) is 1. The Morgan fingerprint density at radius 3 is 2.83 bits per heavy atom. The van der Waals surface area contributed by atoms with E-state index in [1.54, 1.807) is 18.0 Å². The molecule has 2 atom stereocenters. The minimum Gasteiger partial charge on any atom is -0.444 e. The number of piperidine rings is 1. The minimum absolute atomic E-state index is 0.0613. The number of hydrogen-bond donors (Lipinski definition) is 2. The molecular weight excluding hydrogens is 488 g/mol. The summed E-state index contributed by atoms with van der Waals surface area (Å²) in [6.45, 7) is 8.27. The van der Waals surface area contributed by atoms with Gasteiger partial charge >= 0.3 is 6.09 Å². The number of nitrogens with zero attached hydrogens (tertiary/aromatic N) is 2. The summed E-state index contributed by atoms with van der Waals surface area (Å²) in [4.78, 5) is 40.8. The molecule has 0 spiro atoms. The number of carbonyl (C=O) groups is 3. The van der Waals surface area contributed by atoms with E-state index in [1.807, 2.05) is 39.0 Å². The van der Waals surface area contributed by atoms with Gasteiger partial charge in [0.25, 0.3) is 0 Å². The van der Waals surface area contributed by atoms with Crippen LogP contribution >= 0.6 is 23.4 Å². The number of anilines is 1. The molecule has 0 aliphatic carbocycles. The number of likely N-dealkylation sites (N-methyl/N-ethyl adjacent to an activating group) is 1. The average Bonchev–Trinajstić information content (AvgIpc) is 2.76. The molecule has 1 amide bonds. The lowest BCUT2D eigenvalue weighted by atomic mass is 10.0. The molecule has 2 aliphatic heterocycles. The van der Waals surface area contributed by atoms with Gasteiger partial charge in [0.2, 0.25) is 0 Å². The molecule has 1 aromatic carbocycles. The van der Waals surface area contributed by atoms with E-state index < -0.39 is 11.6 Å². The maximum absolute atomic E-state index is 12.5. The molecule has 8 nitrogen and oxygen atoms in total. The van der Waals surface area contributed by atoms with E-state index in [-0.39, 0.29) is 29.5 Å². The molecule has 1 aromatic rings. The predicted molar refractivity (Wildman–Crippen MR) is 142 cm³/mol. The van der Waals surface area contributed by atoms with Crippen molar-refractivity contribution in [3.05, 3.63) is 33.7 Å². The van der Waals surface area contributed by atoms with Crippen molar-refractivity contribution < 1.29 is 19.1 Å². The van der Waals surface area contributed by atoms with Crippen molar-refractivity contribution in [1.29, 1.82) is 0 Å². The first-order valence-electron chi connectivity index (χ1n) is 11.9. The predicted octanol–water partition coefficient (Wildman–Crippen LogP) is 3.67. The Balaban J connectivity index is 1.67. The fourth-order valence-corrected chi connectivity index (χ4v) is 5.36. The van der Waals surface area contributed by atoms with E-state index in [0.29, 0.717) is 23.0 Å². The fourth-order valence-electron chi connectivity index (χ4n) is 4.11. The zero-order chi connectivity index (χ0) is 25.8. The van der Waals surface area contributed by atoms with Gasteiger partial charge in [0.05, 0.1) is 21.7 Å². The molecule has 2 heterocycles. The van der Waals surface area contributed by atoms with E-state index in [0.717, 1.165) is 48.9 Å². The number of benzene rings is 1. The van der Waals surface area contributed by atoms with Crippen molar-refractivity contribution in [1.82, 2.24) is 10.2 Å². The molecule has 2 aliphatic rings. The van der Waals surface area contributed by atoms with E-state index in [2.05, 4.69) is 10.2 Å². The second-order valence-electron chi connectivity index (χ2n) is 9.98. The number of amides is 1. The first kappa shape index (κ1) is 27.5. The van der Waals surface area contributed by atoms with Gasteiger partial charge in [-0.05, 0) is 57.5 Å². The number of para-hydroxylation sites is 1. The maximum atomic E-state index is 12.5. The van der Waals surface area contributed by atoms with Gasteiger partial charge in [-0.15, -0.1) is 0 Å². The van der Waals surface area contributed by atoms with Gasteiger partial charge in [0.1, 0.15) is 5.60 Å². The van der Waals surface area contributed by atoms with Crippen LogP contribution in [-0.4, -0.2) is 72.8 Å². The van der Waals surface area contributed by atoms with E-state index in [4.69, 9.17) is 22.1 Å². The van der Waals surface area contributed by atoms with Gasteiger partial charge in [-0.2, -0.15) is 0 Å². The zero-order valence-corrected chi connectivity index (χ0v) is 22.4. The van der Waals surface area contributed by atoms with Crippen LogP contribution in [0.5, 0.6) is 0 Å². The van der Waals surface area contributed by atoms with Crippen LogP contribution in [0.3, 0.4) is 0 Å². The molecule has 10 heteroatoms. The van der Waals surface area contributed by atoms with Crippen molar-refractivity contribution in [3.8, 4) is 0 Å². The number of ether oxygens (including phenoxy) is 1. The van der Waals surface area contributed by atoms with E-state index in [1.165, 1.54) is 0 Å². The van der Waals surface area contributed by atoms with Gasteiger partial charge in [-0.1, -0.05) is 23.7 Å². The molecule has 0 bridgehead atoms. The highest BCUT2D eigenvalue weighted by atomic mass is 35.5. The number of carbonyl (C=O) groups excluding carboxylic acids is 3. The molecule has 2 saturated heterocycles. The number of nitrogens with two attached hydrogens (primary N) is 1. The summed E-state index contributed by atoms with van der Waals surface area (Å²) in [5.74, 6) is -0.215. The summed E-state index contributed by atoms with van der Waals surface area (Å²) in [7, 11) is 1.73. The van der Waals surface area contributed by atoms with Crippen LogP contribution in [0, 0.1) is 0 Å². The Morgan fingerprint density at radius 1 is 1.37 bits per heavy atom. The van der Waals surface area contributed by atoms with Crippen LogP contribution < -0.4 is 16.0 Å². The lowest BCUT2D eigenvalue weighted by molar-refractivity contribution is -0.120. The van der Waals surface area contributed by atoms with Gasteiger partial charge in [0.15, 0.2) is 10.9 Å². The number of rotatable bonds is 6. The molecule has 0 radical (unpaired) electrons. The smallest absolute Gasteiger partial charge is 0.410 e. The summed E-state index contributed by atoms with van der Waals surface area (Å²) < 4.78 is 5.40. The third-order valence-electron chi connectivity index (χ3n) is 5.82. The van der Waals surface area contributed by atoms with Crippen LogP contribution in [0.15, 0.2) is 23.1 Å². The Morgan fingerprint density at radius 2 is 2.11 bits per heavy atom. The highest BCUT2D eigenvalue weighted by molar-refractivity contribution is 8.18. The first-order valence-corrected chi connectivity index (χ1v) is 13.1. The third kappa shape index (κ3) is 7.70. The second-order valence-corrected chi connectivity index (χ2v) is 11.5. The molecule has 3 rings (SSSR count). The minimum atomic E-state index is -0.792. The SMILES string of the molecule is CN(CCNC1CCCN(c2c(Cl)cccc2/C=C2\SC(=O)CC(N)C2=O)C1)C(=O)OC(C)(C)C.